The Hall–Kier alpha value is -2.79. The Morgan fingerprint density at radius 2 is 1.88 bits per heavy atom. The Morgan fingerprint density at radius 1 is 1.12 bits per heavy atom. The lowest BCUT2D eigenvalue weighted by Gasteiger charge is -2.11. The fraction of sp³-hybridized carbons (Fsp3) is 0.0556. The summed E-state index contributed by atoms with van der Waals surface area (Å²) >= 11 is 5.84. The average Bonchev–Trinajstić information content (AvgIpc) is 2.57. The highest BCUT2D eigenvalue weighted by Gasteiger charge is 2.10. The number of hydrogen-bond donors (Lipinski definition) is 2. The number of nitrogens with one attached hydrogen (secondary N) is 1. The van der Waals surface area contributed by atoms with Crippen molar-refractivity contribution in [2.75, 3.05) is 11.9 Å². The lowest BCUT2D eigenvalue weighted by atomic mass is 10.1. The van der Waals surface area contributed by atoms with Gasteiger partial charge in [0, 0.05) is 16.5 Å². The maximum absolute atomic E-state index is 13.0. The molecule has 0 heterocycles. The zero-order valence-electron chi connectivity index (χ0n) is 12.4. The molecule has 0 spiro atoms. The number of carbonyl (C=O) groups excluding carboxylic acids is 1. The fourth-order valence-corrected chi connectivity index (χ4v) is 2.54. The SMILES string of the molecule is O=C(COc1ccc(F)cc1Cl)Nc1ccc(O)c2ccccc12. The van der Waals surface area contributed by atoms with Crippen molar-refractivity contribution in [1.82, 2.24) is 0 Å². The zero-order chi connectivity index (χ0) is 17.1. The molecule has 1 amide bonds. The normalized spacial score (nSPS) is 10.6. The molecule has 3 rings (SSSR count). The standard InChI is InChI=1S/C18H13ClFNO3/c19-14-9-11(20)5-8-17(14)24-10-18(23)21-15-6-7-16(22)13-4-2-1-3-12(13)15/h1-9,22H,10H2,(H,21,23). The van der Waals surface area contributed by atoms with Crippen molar-refractivity contribution in [1.29, 1.82) is 0 Å². The predicted octanol–water partition coefficient (Wildman–Crippen LogP) is 4.36. The summed E-state index contributed by atoms with van der Waals surface area (Å²) in [5.41, 5.74) is 0.558. The van der Waals surface area contributed by atoms with E-state index in [2.05, 4.69) is 5.32 Å². The van der Waals surface area contributed by atoms with Gasteiger partial charge < -0.3 is 15.2 Å². The topological polar surface area (TPSA) is 58.6 Å². The fourth-order valence-electron chi connectivity index (χ4n) is 2.31. The molecule has 0 saturated heterocycles. The predicted molar refractivity (Wildman–Crippen MR) is 91.1 cm³/mol. The molecule has 0 aliphatic carbocycles. The first-order valence-electron chi connectivity index (χ1n) is 7.13. The van der Waals surface area contributed by atoms with Crippen molar-refractivity contribution >= 4 is 34.0 Å². The van der Waals surface area contributed by atoms with Crippen molar-refractivity contribution < 1.29 is 19.0 Å². The number of amides is 1. The minimum absolute atomic E-state index is 0.0953. The molecule has 0 aliphatic rings. The van der Waals surface area contributed by atoms with Crippen LogP contribution in [0, 0.1) is 5.82 Å². The Balaban J connectivity index is 1.72. The summed E-state index contributed by atoms with van der Waals surface area (Å²) < 4.78 is 18.3. The van der Waals surface area contributed by atoms with Gasteiger partial charge in [0.05, 0.1) is 5.02 Å². The summed E-state index contributed by atoms with van der Waals surface area (Å²) in [6.07, 6.45) is 0. The summed E-state index contributed by atoms with van der Waals surface area (Å²) in [7, 11) is 0. The Bertz CT molecular complexity index is 914. The van der Waals surface area contributed by atoms with Crippen LogP contribution in [0.15, 0.2) is 54.6 Å². The molecule has 4 nitrogen and oxygen atoms in total. The van der Waals surface area contributed by atoms with Gasteiger partial charge in [0.15, 0.2) is 6.61 Å². The van der Waals surface area contributed by atoms with Crippen LogP contribution in [0.3, 0.4) is 0 Å². The second-order valence-corrected chi connectivity index (χ2v) is 5.50. The number of fused-ring (bicyclic) bond motifs is 1. The molecule has 3 aromatic carbocycles. The van der Waals surface area contributed by atoms with E-state index in [1.807, 2.05) is 6.07 Å². The molecule has 0 atom stereocenters. The molecule has 122 valence electrons. The van der Waals surface area contributed by atoms with Crippen molar-refractivity contribution in [3.05, 3.63) is 65.4 Å². The molecule has 0 bridgehead atoms. The highest BCUT2D eigenvalue weighted by Crippen LogP contribution is 2.30. The van der Waals surface area contributed by atoms with Crippen molar-refractivity contribution in [2.45, 2.75) is 0 Å². The van der Waals surface area contributed by atoms with E-state index in [0.717, 1.165) is 6.07 Å². The van der Waals surface area contributed by atoms with Gasteiger partial charge in [-0.2, -0.15) is 0 Å². The Kier molecular flexibility index (Phi) is 4.53. The van der Waals surface area contributed by atoms with Crippen LogP contribution in [0.5, 0.6) is 11.5 Å². The van der Waals surface area contributed by atoms with E-state index in [1.165, 1.54) is 18.2 Å². The summed E-state index contributed by atoms with van der Waals surface area (Å²) in [5, 5.41) is 14.0. The quantitative estimate of drug-likeness (QED) is 0.691. The van der Waals surface area contributed by atoms with Gasteiger partial charge in [-0.05, 0) is 30.3 Å². The van der Waals surface area contributed by atoms with Crippen molar-refractivity contribution in [3.8, 4) is 11.5 Å². The summed E-state index contributed by atoms with van der Waals surface area (Å²) in [6.45, 7) is -0.277. The first-order valence-corrected chi connectivity index (χ1v) is 7.51. The zero-order valence-corrected chi connectivity index (χ0v) is 13.2. The minimum atomic E-state index is -0.479. The van der Waals surface area contributed by atoms with Gasteiger partial charge in [-0.3, -0.25) is 4.79 Å². The van der Waals surface area contributed by atoms with Crippen LogP contribution in [-0.4, -0.2) is 17.6 Å². The van der Waals surface area contributed by atoms with Crippen LogP contribution < -0.4 is 10.1 Å². The number of ether oxygens (including phenoxy) is 1. The molecule has 24 heavy (non-hydrogen) atoms. The van der Waals surface area contributed by atoms with Crippen LogP contribution >= 0.6 is 11.6 Å². The Labute approximate surface area is 142 Å². The van der Waals surface area contributed by atoms with Gasteiger partial charge in [0.25, 0.3) is 5.91 Å². The lowest BCUT2D eigenvalue weighted by molar-refractivity contribution is -0.118. The molecular weight excluding hydrogens is 333 g/mol. The molecule has 2 N–H and O–H groups in total. The summed E-state index contributed by atoms with van der Waals surface area (Å²) in [6, 6.07) is 14.0. The molecule has 0 aliphatic heterocycles. The second kappa shape index (κ2) is 6.76. The molecule has 0 aromatic heterocycles. The van der Waals surface area contributed by atoms with E-state index in [0.29, 0.717) is 16.5 Å². The average molecular weight is 346 g/mol. The molecule has 0 radical (unpaired) electrons. The number of halogens is 2. The van der Waals surface area contributed by atoms with Gasteiger partial charge in [-0.1, -0.05) is 35.9 Å². The van der Waals surface area contributed by atoms with Crippen LogP contribution in [0.1, 0.15) is 0 Å². The largest absolute Gasteiger partial charge is 0.507 e. The number of anilines is 1. The van der Waals surface area contributed by atoms with Crippen LogP contribution in [0.25, 0.3) is 10.8 Å². The van der Waals surface area contributed by atoms with Gasteiger partial charge in [0.1, 0.15) is 17.3 Å². The summed E-state index contributed by atoms with van der Waals surface area (Å²) in [5.74, 6) is -0.514. The first-order chi connectivity index (χ1) is 11.5. The number of hydrogen-bond acceptors (Lipinski definition) is 3. The van der Waals surface area contributed by atoms with E-state index in [4.69, 9.17) is 16.3 Å². The number of rotatable bonds is 4. The van der Waals surface area contributed by atoms with E-state index in [9.17, 15) is 14.3 Å². The lowest BCUT2D eigenvalue weighted by Crippen LogP contribution is -2.20. The molecule has 6 heteroatoms. The third-order valence-corrected chi connectivity index (χ3v) is 3.72. The molecule has 0 saturated carbocycles. The van der Waals surface area contributed by atoms with Gasteiger partial charge in [0.2, 0.25) is 0 Å². The Morgan fingerprint density at radius 3 is 2.62 bits per heavy atom. The smallest absolute Gasteiger partial charge is 0.262 e. The molecule has 3 aromatic rings. The minimum Gasteiger partial charge on any atom is -0.507 e. The van der Waals surface area contributed by atoms with Gasteiger partial charge in [-0.25, -0.2) is 4.39 Å². The molecule has 0 unspecified atom stereocenters. The van der Waals surface area contributed by atoms with Crippen LogP contribution in [-0.2, 0) is 4.79 Å². The molecule has 0 fully saturated rings. The maximum atomic E-state index is 13.0. The maximum Gasteiger partial charge on any atom is 0.262 e. The number of benzene rings is 3. The van der Waals surface area contributed by atoms with E-state index < -0.39 is 11.7 Å². The first kappa shape index (κ1) is 16.1. The van der Waals surface area contributed by atoms with Crippen LogP contribution in [0.4, 0.5) is 10.1 Å². The van der Waals surface area contributed by atoms with Crippen LogP contribution in [0.2, 0.25) is 5.02 Å². The molecular formula is C18H13ClFNO3. The van der Waals surface area contributed by atoms with Crippen molar-refractivity contribution in [2.24, 2.45) is 0 Å². The van der Waals surface area contributed by atoms with Gasteiger partial charge >= 0.3 is 0 Å². The van der Waals surface area contributed by atoms with E-state index in [1.54, 1.807) is 24.3 Å². The number of phenolic OH excluding ortho intramolecular Hbond substituents is 1. The highest BCUT2D eigenvalue weighted by molar-refractivity contribution is 6.32. The third-order valence-electron chi connectivity index (χ3n) is 3.43. The number of carbonyl (C=O) groups is 1. The monoisotopic (exact) mass is 345 g/mol. The summed E-state index contributed by atoms with van der Waals surface area (Å²) in [4.78, 5) is 12.1. The van der Waals surface area contributed by atoms with Crippen molar-refractivity contribution in [3.63, 3.8) is 0 Å². The number of phenols is 1. The number of aromatic hydroxyl groups is 1. The third kappa shape index (κ3) is 3.41. The van der Waals surface area contributed by atoms with Gasteiger partial charge in [-0.15, -0.1) is 0 Å². The van der Waals surface area contributed by atoms with E-state index in [-0.39, 0.29) is 23.1 Å². The second-order valence-electron chi connectivity index (χ2n) is 5.09. The van der Waals surface area contributed by atoms with E-state index >= 15 is 0 Å². The highest BCUT2D eigenvalue weighted by atomic mass is 35.5.